The van der Waals surface area contributed by atoms with Gasteiger partial charge in [-0.05, 0) is 60.0 Å². The summed E-state index contributed by atoms with van der Waals surface area (Å²) in [6.45, 7) is -0.352. The van der Waals surface area contributed by atoms with E-state index in [1.54, 1.807) is 48.5 Å². The van der Waals surface area contributed by atoms with E-state index < -0.39 is 17.6 Å². The van der Waals surface area contributed by atoms with Gasteiger partial charge in [-0.1, -0.05) is 66.7 Å². The molecule has 212 valence electrons. The van der Waals surface area contributed by atoms with Gasteiger partial charge in [0.25, 0.3) is 5.91 Å². The third-order valence-electron chi connectivity index (χ3n) is 6.54. The van der Waals surface area contributed by atoms with Crippen molar-refractivity contribution >= 4 is 17.5 Å². The van der Waals surface area contributed by atoms with E-state index >= 15 is 0 Å². The van der Waals surface area contributed by atoms with Gasteiger partial charge in [-0.15, -0.1) is 0 Å². The molecule has 0 saturated carbocycles. The first-order valence-electron chi connectivity index (χ1n) is 13.2. The summed E-state index contributed by atoms with van der Waals surface area (Å²) in [5.74, 6) is -0.495. The molecule has 0 aliphatic heterocycles. The van der Waals surface area contributed by atoms with Crippen LogP contribution >= 0.6 is 0 Å². The molecule has 42 heavy (non-hydrogen) atoms. The van der Waals surface area contributed by atoms with Crippen LogP contribution in [0.15, 0.2) is 114 Å². The van der Waals surface area contributed by atoms with E-state index in [9.17, 15) is 22.8 Å². The molecule has 2 N–H and O–H groups in total. The maximum atomic E-state index is 13.4. The van der Waals surface area contributed by atoms with Crippen LogP contribution in [0.3, 0.4) is 0 Å². The average Bonchev–Trinajstić information content (AvgIpc) is 3.46. The normalized spacial score (nSPS) is 11.2. The summed E-state index contributed by atoms with van der Waals surface area (Å²) in [4.78, 5) is 30.1. The van der Waals surface area contributed by atoms with Gasteiger partial charge < -0.3 is 15.1 Å². The lowest BCUT2D eigenvalue weighted by Crippen LogP contribution is -2.25. The Balaban J connectivity index is 1.35. The Morgan fingerprint density at radius 1 is 0.762 bits per heavy atom. The minimum Gasteiger partial charge on any atom is -0.435 e. The molecule has 9 heteroatoms. The molecule has 5 aromatic rings. The number of oxazole rings is 1. The molecule has 1 aromatic heterocycles. The van der Waals surface area contributed by atoms with Crippen LogP contribution in [0.1, 0.15) is 33.6 Å². The third kappa shape index (κ3) is 6.93. The molecule has 0 spiro atoms. The third-order valence-corrected chi connectivity index (χ3v) is 6.54. The number of aromatic nitrogens is 1. The van der Waals surface area contributed by atoms with Crippen LogP contribution in [0.5, 0.6) is 0 Å². The van der Waals surface area contributed by atoms with Crippen molar-refractivity contribution in [1.82, 2.24) is 10.3 Å². The molecule has 2 amide bonds. The summed E-state index contributed by atoms with van der Waals surface area (Å²) in [6.07, 6.45) is -3.63. The van der Waals surface area contributed by atoms with Crippen molar-refractivity contribution in [3.63, 3.8) is 0 Å². The quantitative estimate of drug-likeness (QED) is 0.192. The topological polar surface area (TPSA) is 84.2 Å². The molecule has 4 aromatic carbocycles. The molecule has 0 radical (unpaired) electrons. The number of halogens is 3. The van der Waals surface area contributed by atoms with E-state index in [1.165, 1.54) is 18.2 Å². The van der Waals surface area contributed by atoms with Crippen molar-refractivity contribution in [3.05, 3.63) is 132 Å². The Bertz CT molecular complexity index is 1670. The van der Waals surface area contributed by atoms with E-state index in [-0.39, 0.29) is 35.4 Å². The maximum absolute atomic E-state index is 13.4. The van der Waals surface area contributed by atoms with Crippen LogP contribution in [0.4, 0.5) is 18.9 Å². The lowest BCUT2D eigenvalue weighted by atomic mass is 10.1. The van der Waals surface area contributed by atoms with Gasteiger partial charge in [0, 0.05) is 29.8 Å². The number of nitrogens with zero attached hydrogens (tertiary/aromatic N) is 1. The van der Waals surface area contributed by atoms with Crippen molar-refractivity contribution in [2.75, 3.05) is 5.32 Å². The second-order valence-electron chi connectivity index (χ2n) is 9.51. The predicted octanol–water partition coefficient (Wildman–Crippen LogP) is 7.53. The second kappa shape index (κ2) is 12.6. The number of nitrogens with one attached hydrogen (secondary N) is 2. The minimum absolute atomic E-state index is 0.0703. The van der Waals surface area contributed by atoms with Gasteiger partial charge in [0.15, 0.2) is 11.5 Å². The number of benzene rings is 4. The molecule has 6 nitrogen and oxygen atoms in total. The van der Waals surface area contributed by atoms with Crippen LogP contribution in [-0.4, -0.2) is 16.8 Å². The smallest absolute Gasteiger partial charge is 0.416 e. The van der Waals surface area contributed by atoms with E-state index in [4.69, 9.17) is 4.42 Å². The number of carbonyl (C=O) groups excluding carboxylic acids is 2. The van der Waals surface area contributed by atoms with Crippen LogP contribution < -0.4 is 10.6 Å². The maximum Gasteiger partial charge on any atom is 0.416 e. The van der Waals surface area contributed by atoms with Gasteiger partial charge in [0.05, 0.1) is 5.56 Å². The molecule has 0 unspecified atom stereocenters. The first-order chi connectivity index (χ1) is 20.3. The molecule has 5 rings (SSSR count). The van der Waals surface area contributed by atoms with E-state index in [0.29, 0.717) is 29.7 Å². The number of hydrogen-bond donors (Lipinski definition) is 2. The molecule has 0 atom stereocenters. The second-order valence-corrected chi connectivity index (χ2v) is 9.51. The van der Waals surface area contributed by atoms with Gasteiger partial charge in [0.1, 0.15) is 0 Å². The molecule has 0 bridgehead atoms. The number of rotatable bonds is 9. The SMILES string of the molecule is O=C(CCc1ccccc1)Nc1ccc(-c2oc(-c3ccccc3)nc2C(=O)NCc2ccccc2C(F)(F)F)cc1. The average molecular weight is 570 g/mol. The van der Waals surface area contributed by atoms with Gasteiger partial charge in [-0.2, -0.15) is 13.2 Å². The van der Waals surface area contributed by atoms with Crippen LogP contribution in [0.2, 0.25) is 0 Å². The van der Waals surface area contributed by atoms with E-state index in [0.717, 1.165) is 11.6 Å². The van der Waals surface area contributed by atoms with Crippen LogP contribution in [0.25, 0.3) is 22.8 Å². The highest BCUT2D eigenvalue weighted by Crippen LogP contribution is 2.33. The molecule has 0 fully saturated rings. The fraction of sp³-hybridized carbons (Fsp3) is 0.121. The van der Waals surface area contributed by atoms with Crippen molar-refractivity contribution in [2.45, 2.75) is 25.6 Å². The highest BCUT2D eigenvalue weighted by Gasteiger charge is 2.33. The number of carbonyl (C=O) groups is 2. The zero-order chi connectivity index (χ0) is 29.5. The summed E-state index contributed by atoms with van der Waals surface area (Å²) in [5, 5.41) is 5.41. The van der Waals surface area contributed by atoms with Crippen molar-refractivity contribution in [3.8, 4) is 22.8 Å². The van der Waals surface area contributed by atoms with Crippen molar-refractivity contribution < 1.29 is 27.2 Å². The Labute approximate surface area is 240 Å². The predicted molar refractivity (Wildman–Crippen MR) is 153 cm³/mol. The fourth-order valence-corrected chi connectivity index (χ4v) is 4.42. The summed E-state index contributed by atoms with van der Waals surface area (Å²) in [7, 11) is 0. The van der Waals surface area contributed by atoms with Gasteiger partial charge in [-0.25, -0.2) is 4.98 Å². The number of amides is 2. The Morgan fingerprint density at radius 2 is 1.40 bits per heavy atom. The molecule has 1 heterocycles. The Kier molecular flexibility index (Phi) is 8.47. The van der Waals surface area contributed by atoms with E-state index in [1.807, 2.05) is 36.4 Å². The first-order valence-corrected chi connectivity index (χ1v) is 13.2. The fourth-order valence-electron chi connectivity index (χ4n) is 4.42. The van der Waals surface area contributed by atoms with Crippen molar-refractivity contribution in [1.29, 1.82) is 0 Å². The largest absolute Gasteiger partial charge is 0.435 e. The zero-order valence-electron chi connectivity index (χ0n) is 22.3. The molecular weight excluding hydrogens is 543 g/mol. The molecular formula is C33H26F3N3O3. The summed E-state index contributed by atoms with van der Waals surface area (Å²) in [6, 6.07) is 30.4. The summed E-state index contributed by atoms with van der Waals surface area (Å²) >= 11 is 0. The lowest BCUT2D eigenvalue weighted by Gasteiger charge is -2.13. The van der Waals surface area contributed by atoms with Crippen molar-refractivity contribution in [2.24, 2.45) is 0 Å². The van der Waals surface area contributed by atoms with E-state index in [2.05, 4.69) is 15.6 Å². The summed E-state index contributed by atoms with van der Waals surface area (Å²) < 4.78 is 46.3. The van der Waals surface area contributed by atoms with Crippen LogP contribution in [-0.2, 0) is 23.9 Å². The Hall–Kier alpha value is -5.18. The minimum atomic E-state index is -4.56. The number of anilines is 1. The van der Waals surface area contributed by atoms with Gasteiger partial charge in [0.2, 0.25) is 11.8 Å². The standard InChI is InChI=1S/C33H26F3N3O3/c34-33(35,36)27-14-8-7-13-25(27)21-37-31(41)29-30(42-32(39-29)24-11-5-2-6-12-24)23-16-18-26(19-17-23)38-28(40)20-15-22-9-3-1-4-10-22/h1-14,16-19H,15,20-21H2,(H,37,41)(H,38,40). The first kappa shape index (κ1) is 28.4. The monoisotopic (exact) mass is 569 g/mol. The highest BCUT2D eigenvalue weighted by molar-refractivity contribution is 5.98. The molecule has 0 aliphatic carbocycles. The molecule has 0 aliphatic rings. The van der Waals surface area contributed by atoms with Gasteiger partial charge >= 0.3 is 6.18 Å². The van der Waals surface area contributed by atoms with Gasteiger partial charge in [-0.3, -0.25) is 9.59 Å². The lowest BCUT2D eigenvalue weighted by molar-refractivity contribution is -0.138. The molecule has 0 saturated heterocycles. The number of hydrogen-bond acceptors (Lipinski definition) is 4. The van der Waals surface area contributed by atoms with Crippen LogP contribution in [0, 0.1) is 0 Å². The number of aryl methyl sites for hydroxylation is 1. The Morgan fingerprint density at radius 3 is 2.10 bits per heavy atom. The zero-order valence-corrected chi connectivity index (χ0v) is 22.3. The summed E-state index contributed by atoms with van der Waals surface area (Å²) in [5.41, 5.74) is 1.80. The highest BCUT2D eigenvalue weighted by atomic mass is 19.4. The number of alkyl halides is 3.